The van der Waals surface area contributed by atoms with E-state index < -0.39 is 12.2 Å². The third-order valence-electron chi connectivity index (χ3n) is 7.24. The van der Waals surface area contributed by atoms with E-state index in [0.29, 0.717) is 25.3 Å². The number of hydrogen-bond donors (Lipinski definition) is 1. The van der Waals surface area contributed by atoms with Crippen molar-refractivity contribution < 1.29 is 23.9 Å². The fraction of sp³-hybridized carbons (Fsp3) is 0.560. The summed E-state index contributed by atoms with van der Waals surface area (Å²) in [6, 6.07) is 7.44. The van der Waals surface area contributed by atoms with Gasteiger partial charge in [-0.05, 0) is 38.0 Å². The van der Waals surface area contributed by atoms with Gasteiger partial charge in [-0.3, -0.25) is 9.59 Å². The number of nitrogens with two attached hydrogens (primary N) is 1. The van der Waals surface area contributed by atoms with Crippen LogP contribution in [0.25, 0.3) is 10.9 Å². The maximum absolute atomic E-state index is 13.4. The Morgan fingerprint density at radius 3 is 2.47 bits per heavy atom. The van der Waals surface area contributed by atoms with Crippen molar-refractivity contribution in [1.82, 2.24) is 14.4 Å². The van der Waals surface area contributed by atoms with Crippen LogP contribution in [0.15, 0.2) is 24.3 Å². The molecule has 1 aliphatic heterocycles. The van der Waals surface area contributed by atoms with E-state index in [-0.39, 0.29) is 23.8 Å². The molecular formula is C25H34N4O5. The topological polar surface area (TPSA) is 107 Å². The van der Waals surface area contributed by atoms with Gasteiger partial charge in [-0.15, -0.1) is 0 Å². The Balaban J connectivity index is 1.47. The van der Waals surface area contributed by atoms with Gasteiger partial charge in [0.05, 0.1) is 12.6 Å². The molecular weight excluding hydrogens is 436 g/mol. The summed E-state index contributed by atoms with van der Waals surface area (Å²) in [7, 11) is 3.49. The molecule has 0 radical (unpaired) electrons. The van der Waals surface area contributed by atoms with E-state index in [0.717, 1.165) is 48.8 Å². The van der Waals surface area contributed by atoms with Crippen molar-refractivity contribution in [2.24, 2.45) is 18.7 Å². The van der Waals surface area contributed by atoms with Gasteiger partial charge in [0.1, 0.15) is 11.4 Å². The lowest BCUT2D eigenvalue weighted by molar-refractivity contribution is -0.146. The highest BCUT2D eigenvalue weighted by Crippen LogP contribution is 2.30. The minimum atomic E-state index is -0.918. The minimum absolute atomic E-state index is 0.00323. The zero-order valence-corrected chi connectivity index (χ0v) is 20.2. The summed E-state index contributed by atoms with van der Waals surface area (Å²) < 4.78 is 12.5. The number of nitrogens with zero attached hydrogens (tertiary/aromatic N) is 3. The van der Waals surface area contributed by atoms with Gasteiger partial charge in [-0.1, -0.05) is 19.3 Å². The maximum atomic E-state index is 13.4. The molecule has 2 fully saturated rings. The number of piperazine rings is 1. The molecule has 1 saturated carbocycles. The fourth-order valence-electron chi connectivity index (χ4n) is 5.34. The SMILES string of the molecule is COc1ccc2cc(C(=O)N3CCN(C(=O)[C@@H](OC(N)=O)C4CCCCC4)C[C@H]3C)n(C)c2c1. The standard InChI is InChI=1S/C25H34N4O5/c1-16-15-28(24(31)22(34-25(26)32)17-7-5-4-6-8-17)11-12-29(16)23(30)21-13-18-9-10-19(33-3)14-20(18)27(21)2/h9-10,13-14,16-17,22H,4-8,11-12,15H2,1-3H3,(H2,26,32)/t16-,22+/m1/s1. The number of ether oxygens (including phenoxy) is 2. The van der Waals surface area contributed by atoms with Crippen LogP contribution in [-0.2, 0) is 16.6 Å². The molecule has 2 atom stereocenters. The van der Waals surface area contributed by atoms with Gasteiger partial charge >= 0.3 is 6.09 Å². The molecule has 3 amide bonds. The average Bonchev–Trinajstić information content (AvgIpc) is 3.17. The van der Waals surface area contributed by atoms with Crippen LogP contribution in [0.2, 0.25) is 0 Å². The van der Waals surface area contributed by atoms with Crippen molar-refractivity contribution in [1.29, 1.82) is 0 Å². The zero-order chi connectivity index (χ0) is 24.4. The summed E-state index contributed by atoms with van der Waals surface area (Å²) in [6.45, 7) is 3.11. The number of amides is 3. The van der Waals surface area contributed by atoms with Crippen molar-refractivity contribution in [3.8, 4) is 5.75 Å². The Labute approximate surface area is 199 Å². The molecule has 1 aromatic carbocycles. The normalized spacial score (nSPS) is 20.3. The molecule has 184 valence electrons. The fourth-order valence-corrected chi connectivity index (χ4v) is 5.34. The Kier molecular flexibility index (Phi) is 7.00. The lowest BCUT2D eigenvalue weighted by Gasteiger charge is -2.41. The van der Waals surface area contributed by atoms with Gasteiger partial charge in [-0.2, -0.15) is 0 Å². The van der Waals surface area contributed by atoms with Crippen LogP contribution < -0.4 is 10.5 Å². The number of primary amides is 1. The van der Waals surface area contributed by atoms with Crippen molar-refractivity contribution in [3.05, 3.63) is 30.0 Å². The quantitative estimate of drug-likeness (QED) is 0.723. The molecule has 1 aromatic heterocycles. The zero-order valence-electron chi connectivity index (χ0n) is 20.2. The summed E-state index contributed by atoms with van der Waals surface area (Å²) in [5, 5.41) is 0.965. The van der Waals surface area contributed by atoms with Crippen LogP contribution in [0.1, 0.15) is 49.5 Å². The van der Waals surface area contributed by atoms with Crippen LogP contribution in [0.4, 0.5) is 4.79 Å². The second-order valence-electron chi connectivity index (χ2n) is 9.40. The first-order valence-corrected chi connectivity index (χ1v) is 12.0. The molecule has 2 N–H and O–H groups in total. The molecule has 9 nitrogen and oxygen atoms in total. The summed E-state index contributed by atoms with van der Waals surface area (Å²) >= 11 is 0. The number of fused-ring (bicyclic) bond motifs is 1. The van der Waals surface area contributed by atoms with Gasteiger partial charge in [0.2, 0.25) is 0 Å². The van der Waals surface area contributed by atoms with Gasteiger partial charge in [0.25, 0.3) is 11.8 Å². The lowest BCUT2D eigenvalue weighted by Crippen LogP contribution is -2.58. The molecule has 2 heterocycles. The number of carbonyl (C=O) groups is 3. The minimum Gasteiger partial charge on any atom is -0.497 e. The van der Waals surface area contributed by atoms with Crippen molar-refractivity contribution in [3.63, 3.8) is 0 Å². The number of carbonyl (C=O) groups excluding carboxylic acids is 3. The number of hydrogen-bond acceptors (Lipinski definition) is 5. The first-order valence-electron chi connectivity index (χ1n) is 12.0. The van der Waals surface area contributed by atoms with Crippen LogP contribution in [-0.4, -0.2) is 71.2 Å². The highest BCUT2D eigenvalue weighted by Gasteiger charge is 2.39. The van der Waals surface area contributed by atoms with E-state index in [1.54, 1.807) is 16.9 Å². The largest absolute Gasteiger partial charge is 0.497 e. The summed E-state index contributed by atoms with van der Waals surface area (Å²) in [4.78, 5) is 41.8. The van der Waals surface area contributed by atoms with Crippen molar-refractivity contribution in [2.75, 3.05) is 26.7 Å². The highest BCUT2D eigenvalue weighted by atomic mass is 16.6. The molecule has 0 unspecified atom stereocenters. The number of aryl methyl sites for hydroxylation is 1. The number of methoxy groups -OCH3 is 1. The number of rotatable bonds is 5. The molecule has 9 heteroatoms. The Morgan fingerprint density at radius 1 is 1.09 bits per heavy atom. The van der Waals surface area contributed by atoms with Crippen LogP contribution >= 0.6 is 0 Å². The predicted molar refractivity (Wildman–Crippen MR) is 128 cm³/mol. The first-order chi connectivity index (χ1) is 16.3. The molecule has 1 aliphatic carbocycles. The third kappa shape index (κ3) is 4.69. The molecule has 2 aliphatic rings. The molecule has 4 rings (SSSR count). The smallest absolute Gasteiger partial charge is 0.405 e. The highest BCUT2D eigenvalue weighted by molar-refractivity contribution is 5.99. The van der Waals surface area contributed by atoms with E-state index >= 15 is 0 Å². The van der Waals surface area contributed by atoms with E-state index in [1.807, 2.05) is 42.8 Å². The van der Waals surface area contributed by atoms with Crippen LogP contribution in [0, 0.1) is 5.92 Å². The molecule has 34 heavy (non-hydrogen) atoms. The summed E-state index contributed by atoms with van der Waals surface area (Å²) in [5.41, 5.74) is 6.80. The number of benzene rings is 1. The predicted octanol–water partition coefficient (Wildman–Crippen LogP) is 2.90. The van der Waals surface area contributed by atoms with E-state index in [4.69, 9.17) is 15.2 Å². The van der Waals surface area contributed by atoms with Crippen molar-refractivity contribution in [2.45, 2.75) is 51.2 Å². The summed E-state index contributed by atoms with van der Waals surface area (Å²) in [6.07, 6.45) is 3.11. The molecule has 0 bridgehead atoms. The van der Waals surface area contributed by atoms with Crippen LogP contribution in [0.3, 0.4) is 0 Å². The molecule has 1 saturated heterocycles. The third-order valence-corrected chi connectivity index (χ3v) is 7.24. The van der Waals surface area contributed by atoms with Gasteiger partial charge in [0.15, 0.2) is 6.10 Å². The molecule has 0 spiro atoms. The Hall–Kier alpha value is -3.23. The van der Waals surface area contributed by atoms with E-state index in [1.165, 1.54) is 0 Å². The lowest BCUT2D eigenvalue weighted by atomic mass is 9.84. The van der Waals surface area contributed by atoms with Gasteiger partial charge in [0, 0.05) is 50.1 Å². The number of aromatic nitrogens is 1. The maximum Gasteiger partial charge on any atom is 0.405 e. The van der Waals surface area contributed by atoms with Crippen LogP contribution in [0.5, 0.6) is 5.75 Å². The van der Waals surface area contributed by atoms with E-state index in [9.17, 15) is 14.4 Å². The average molecular weight is 471 g/mol. The van der Waals surface area contributed by atoms with Gasteiger partial charge < -0.3 is 29.6 Å². The second kappa shape index (κ2) is 9.95. The second-order valence-corrected chi connectivity index (χ2v) is 9.40. The summed E-state index contributed by atoms with van der Waals surface area (Å²) in [5.74, 6) is 0.450. The van der Waals surface area contributed by atoms with Gasteiger partial charge in [-0.25, -0.2) is 4.79 Å². The van der Waals surface area contributed by atoms with E-state index in [2.05, 4.69) is 0 Å². The molecule has 2 aromatic rings. The monoisotopic (exact) mass is 470 g/mol. The Morgan fingerprint density at radius 2 is 1.82 bits per heavy atom. The first kappa shape index (κ1) is 23.9. The Bertz CT molecular complexity index is 1070. The van der Waals surface area contributed by atoms with Crippen molar-refractivity contribution >= 4 is 28.8 Å².